The second kappa shape index (κ2) is 7.73. The molecule has 0 atom stereocenters. The zero-order valence-corrected chi connectivity index (χ0v) is 12.6. The predicted molar refractivity (Wildman–Crippen MR) is 80.0 cm³/mol. The minimum absolute atomic E-state index is 0.0712. The van der Waals surface area contributed by atoms with Crippen LogP contribution in [0.15, 0.2) is 18.2 Å². The van der Waals surface area contributed by atoms with Crippen molar-refractivity contribution in [3.05, 3.63) is 34.6 Å². The highest BCUT2D eigenvalue weighted by molar-refractivity contribution is 6.30. The molecule has 116 valence electrons. The molecule has 0 aromatic heterocycles. The summed E-state index contributed by atoms with van der Waals surface area (Å²) in [6.07, 6.45) is 2.54. The Balaban J connectivity index is 1.88. The first-order chi connectivity index (χ1) is 10.1. The number of nitrogens with two attached hydrogens (primary N) is 1. The van der Waals surface area contributed by atoms with Crippen molar-refractivity contribution in [2.24, 2.45) is 5.73 Å². The molecule has 2 N–H and O–H groups in total. The fourth-order valence-electron chi connectivity index (χ4n) is 2.39. The summed E-state index contributed by atoms with van der Waals surface area (Å²) >= 11 is 5.70. The van der Waals surface area contributed by atoms with Crippen molar-refractivity contribution in [1.82, 2.24) is 4.90 Å². The third-order valence-corrected chi connectivity index (χ3v) is 3.83. The number of nitrogens with zero attached hydrogens (tertiary/aromatic N) is 1. The van der Waals surface area contributed by atoms with Crippen LogP contribution in [0.25, 0.3) is 0 Å². The first kappa shape index (κ1) is 16.2. The van der Waals surface area contributed by atoms with Crippen LogP contribution in [-0.2, 0) is 4.74 Å². The summed E-state index contributed by atoms with van der Waals surface area (Å²) in [4.78, 5) is 13.9. The molecule has 0 aliphatic carbocycles. The zero-order valence-electron chi connectivity index (χ0n) is 11.9. The molecular formula is C15H20ClFN2O2. The largest absolute Gasteiger partial charge is 0.378 e. The van der Waals surface area contributed by atoms with E-state index in [2.05, 4.69) is 0 Å². The van der Waals surface area contributed by atoms with Gasteiger partial charge in [-0.15, -0.1) is 0 Å². The highest BCUT2D eigenvalue weighted by Gasteiger charge is 2.25. The van der Waals surface area contributed by atoms with Gasteiger partial charge in [0.1, 0.15) is 5.82 Å². The molecule has 1 saturated heterocycles. The Morgan fingerprint density at radius 2 is 2.14 bits per heavy atom. The SMILES string of the molecule is NCCCOC1CCN(C(=O)c2ccc(Cl)cc2F)CC1. The lowest BCUT2D eigenvalue weighted by atomic mass is 10.1. The molecule has 0 radical (unpaired) electrons. The van der Waals surface area contributed by atoms with Crippen LogP contribution >= 0.6 is 11.6 Å². The lowest BCUT2D eigenvalue weighted by Crippen LogP contribution is -2.41. The highest BCUT2D eigenvalue weighted by Crippen LogP contribution is 2.20. The summed E-state index contributed by atoms with van der Waals surface area (Å²) in [6, 6.07) is 4.13. The van der Waals surface area contributed by atoms with Crippen molar-refractivity contribution >= 4 is 17.5 Å². The molecule has 1 aliphatic heterocycles. The summed E-state index contributed by atoms with van der Waals surface area (Å²) < 4.78 is 19.5. The van der Waals surface area contributed by atoms with Gasteiger partial charge >= 0.3 is 0 Å². The molecule has 4 nitrogen and oxygen atoms in total. The first-order valence-electron chi connectivity index (χ1n) is 7.18. The maximum Gasteiger partial charge on any atom is 0.256 e. The second-order valence-electron chi connectivity index (χ2n) is 5.13. The van der Waals surface area contributed by atoms with E-state index < -0.39 is 5.82 Å². The van der Waals surface area contributed by atoms with Crippen molar-refractivity contribution < 1.29 is 13.9 Å². The number of likely N-dealkylation sites (tertiary alicyclic amines) is 1. The number of rotatable bonds is 5. The van der Waals surface area contributed by atoms with E-state index in [1.165, 1.54) is 12.1 Å². The number of benzene rings is 1. The van der Waals surface area contributed by atoms with Crippen LogP contribution in [0.1, 0.15) is 29.6 Å². The Hall–Kier alpha value is -1.17. The van der Waals surface area contributed by atoms with Crippen molar-refractivity contribution in [1.29, 1.82) is 0 Å². The molecule has 6 heteroatoms. The monoisotopic (exact) mass is 314 g/mol. The fraction of sp³-hybridized carbons (Fsp3) is 0.533. The topological polar surface area (TPSA) is 55.6 Å². The van der Waals surface area contributed by atoms with Gasteiger partial charge in [0.05, 0.1) is 11.7 Å². The molecule has 1 heterocycles. The number of hydrogen-bond donors (Lipinski definition) is 1. The number of hydrogen-bond acceptors (Lipinski definition) is 3. The summed E-state index contributed by atoms with van der Waals surface area (Å²) in [7, 11) is 0. The van der Waals surface area contributed by atoms with E-state index in [0.717, 1.165) is 25.3 Å². The minimum Gasteiger partial charge on any atom is -0.378 e. The molecule has 0 spiro atoms. The number of amides is 1. The Kier molecular flexibility index (Phi) is 5.96. The number of ether oxygens (including phenoxy) is 1. The van der Waals surface area contributed by atoms with Crippen LogP contribution in [0, 0.1) is 5.82 Å². The Morgan fingerprint density at radius 3 is 2.76 bits per heavy atom. The summed E-state index contributed by atoms with van der Waals surface area (Å²) in [5.74, 6) is -0.863. The van der Waals surface area contributed by atoms with Gasteiger partial charge in [-0.1, -0.05) is 11.6 Å². The number of piperidine rings is 1. The Morgan fingerprint density at radius 1 is 1.43 bits per heavy atom. The zero-order chi connectivity index (χ0) is 15.2. The van der Waals surface area contributed by atoms with Crippen LogP contribution in [-0.4, -0.2) is 43.2 Å². The first-order valence-corrected chi connectivity index (χ1v) is 7.55. The molecule has 1 fully saturated rings. The molecule has 2 rings (SSSR count). The second-order valence-corrected chi connectivity index (χ2v) is 5.57. The smallest absolute Gasteiger partial charge is 0.256 e. The summed E-state index contributed by atoms with van der Waals surface area (Å²) in [6.45, 7) is 2.43. The van der Waals surface area contributed by atoms with Crippen LogP contribution in [0.5, 0.6) is 0 Å². The average molecular weight is 315 g/mol. The molecule has 1 aromatic carbocycles. The number of halogens is 2. The van der Waals surface area contributed by atoms with Crippen LogP contribution in [0.4, 0.5) is 4.39 Å². The minimum atomic E-state index is -0.575. The lowest BCUT2D eigenvalue weighted by molar-refractivity contribution is 0.00834. The quantitative estimate of drug-likeness (QED) is 0.849. The van der Waals surface area contributed by atoms with Crippen LogP contribution in [0.2, 0.25) is 5.02 Å². The van der Waals surface area contributed by atoms with Gasteiger partial charge in [0, 0.05) is 24.7 Å². The van der Waals surface area contributed by atoms with Gasteiger partial charge in [-0.25, -0.2) is 4.39 Å². The molecule has 1 amide bonds. The van der Waals surface area contributed by atoms with Gasteiger partial charge in [-0.05, 0) is 44.0 Å². The lowest BCUT2D eigenvalue weighted by Gasteiger charge is -2.32. The standard InChI is InChI=1S/C15H20ClFN2O2/c16-11-2-3-13(14(17)10-11)15(20)19-7-4-12(5-8-19)21-9-1-6-18/h2-3,10,12H,1,4-9,18H2. The molecule has 1 aromatic rings. The van der Waals surface area contributed by atoms with E-state index >= 15 is 0 Å². The van der Waals surface area contributed by atoms with Crippen LogP contribution in [0.3, 0.4) is 0 Å². The normalized spacial score (nSPS) is 16.2. The van der Waals surface area contributed by atoms with Gasteiger partial charge in [0.25, 0.3) is 5.91 Å². The van der Waals surface area contributed by atoms with Crippen molar-refractivity contribution in [2.45, 2.75) is 25.4 Å². The average Bonchev–Trinajstić information content (AvgIpc) is 2.48. The van der Waals surface area contributed by atoms with Crippen molar-refractivity contribution in [3.8, 4) is 0 Å². The predicted octanol–water partition coefficient (Wildman–Crippen LogP) is 2.45. The molecule has 0 saturated carbocycles. The Labute approximate surface area is 129 Å². The van der Waals surface area contributed by atoms with Crippen LogP contribution < -0.4 is 5.73 Å². The molecular weight excluding hydrogens is 295 g/mol. The van der Waals surface area contributed by atoms with E-state index in [4.69, 9.17) is 22.1 Å². The van der Waals surface area contributed by atoms with Crippen molar-refractivity contribution in [2.75, 3.05) is 26.2 Å². The summed E-state index contributed by atoms with van der Waals surface area (Å²) in [5.41, 5.74) is 5.49. The van der Waals surface area contributed by atoms with Gasteiger partial charge < -0.3 is 15.4 Å². The molecule has 0 bridgehead atoms. The third kappa shape index (κ3) is 4.40. The molecule has 0 unspecified atom stereocenters. The van der Waals surface area contributed by atoms with E-state index in [9.17, 15) is 9.18 Å². The van der Waals surface area contributed by atoms with Gasteiger partial charge in [0.2, 0.25) is 0 Å². The highest BCUT2D eigenvalue weighted by atomic mass is 35.5. The Bertz CT molecular complexity index is 491. The van der Waals surface area contributed by atoms with Crippen molar-refractivity contribution in [3.63, 3.8) is 0 Å². The van der Waals surface area contributed by atoms with E-state index in [-0.39, 0.29) is 22.6 Å². The summed E-state index contributed by atoms with van der Waals surface area (Å²) in [5, 5.41) is 0.288. The number of carbonyl (C=O) groups is 1. The van der Waals surface area contributed by atoms with Gasteiger partial charge in [-0.2, -0.15) is 0 Å². The molecule has 1 aliphatic rings. The maximum atomic E-state index is 13.8. The van der Waals surface area contributed by atoms with Gasteiger partial charge in [-0.3, -0.25) is 4.79 Å². The van der Waals surface area contributed by atoms with Gasteiger partial charge in [0.15, 0.2) is 0 Å². The van der Waals surface area contributed by atoms with E-state index in [1.807, 2.05) is 0 Å². The number of carbonyl (C=O) groups excluding carboxylic acids is 1. The fourth-order valence-corrected chi connectivity index (χ4v) is 2.55. The third-order valence-electron chi connectivity index (χ3n) is 3.59. The molecule has 21 heavy (non-hydrogen) atoms. The maximum absolute atomic E-state index is 13.8. The van der Waals surface area contributed by atoms with E-state index in [1.54, 1.807) is 4.90 Å². The van der Waals surface area contributed by atoms with E-state index in [0.29, 0.717) is 26.2 Å².